The number of carbonyl (C=O) groups excluding carboxylic acids is 2. The van der Waals surface area contributed by atoms with Crippen LogP contribution in [0.2, 0.25) is 0 Å². The summed E-state index contributed by atoms with van der Waals surface area (Å²) in [5.74, 6) is -0.00615. The number of nitrogens with zero attached hydrogens (tertiary/aromatic N) is 1. The van der Waals surface area contributed by atoms with Crippen LogP contribution in [-0.2, 0) is 9.53 Å². The second-order valence-electron chi connectivity index (χ2n) is 7.11. The van der Waals surface area contributed by atoms with Crippen molar-refractivity contribution in [3.05, 3.63) is 0 Å². The van der Waals surface area contributed by atoms with Crippen LogP contribution in [0.5, 0.6) is 0 Å². The predicted octanol–water partition coefficient (Wildman–Crippen LogP) is 2.69. The molecule has 20 heavy (non-hydrogen) atoms. The maximum atomic E-state index is 12.7. The van der Waals surface area contributed by atoms with E-state index in [2.05, 4.69) is 5.32 Å². The molecule has 0 unspecified atom stereocenters. The fourth-order valence-electron chi connectivity index (χ4n) is 2.33. The summed E-state index contributed by atoms with van der Waals surface area (Å²) in [5.41, 5.74) is -1.31. The van der Waals surface area contributed by atoms with Gasteiger partial charge in [0.15, 0.2) is 0 Å². The van der Waals surface area contributed by atoms with Gasteiger partial charge in [-0.25, -0.2) is 4.79 Å². The molecule has 1 rings (SSSR count). The third-order valence-corrected chi connectivity index (χ3v) is 3.25. The second kappa shape index (κ2) is 5.62. The van der Waals surface area contributed by atoms with Gasteiger partial charge in [0.1, 0.15) is 11.1 Å². The molecule has 0 aromatic heterocycles. The van der Waals surface area contributed by atoms with Crippen molar-refractivity contribution in [3.8, 4) is 0 Å². The quantitative estimate of drug-likeness (QED) is 0.863. The number of alkyl carbamates (subject to hydrolysis) is 1. The Morgan fingerprint density at radius 3 is 1.85 bits per heavy atom. The number of rotatable bonds is 4. The second-order valence-corrected chi connectivity index (χ2v) is 7.11. The Morgan fingerprint density at radius 2 is 1.55 bits per heavy atom. The van der Waals surface area contributed by atoms with E-state index in [0.717, 1.165) is 0 Å². The fourth-order valence-corrected chi connectivity index (χ4v) is 2.33. The van der Waals surface area contributed by atoms with Crippen molar-refractivity contribution in [2.75, 3.05) is 0 Å². The maximum Gasteiger partial charge on any atom is 0.408 e. The van der Waals surface area contributed by atoms with E-state index >= 15 is 0 Å². The molecule has 2 amide bonds. The highest BCUT2D eigenvalue weighted by atomic mass is 16.6. The SMILES string of the molecule is CC(C)N(C(=O)C1(NC(=O)OC(C)(C)C)CC1)C(C)C. The highest BCUT2D eigenvalue weighted by Gasteiger charge is 2.54. The molecule has 5 nitrogen and oxygen atoms in total. The minimum atomic E-state index is -0.753. The highest BCUT2D eigenvalue weighted by molar-refractivity contribution is 5.93. The lowest BCUT2D eigenvalue weighted by molar-refractivity contribution is -0.138. The molecule has 1 N–H and O–H groups in total. The minimum absolute atomic E-state index is 0.00615. The van der Waals surface area contributed by atoms with Crippen molar-refractivity contribution in [3.63, 3.8) is 0 Å². The molecule has 116 valence electrons. The van der Waals surface area contributed by atoms with Crippen molar-refractivity contribution in [1.82, 2.24) is 10.2 Å². The van der Waals surface area contributed by atoms with Gasteiger partial charge in [-0.3, -0.25) is 4.79 Å². The molecule has 5 heteroatoms. The van der Waals surface area contributed by atoms with Crippen molar-refractivity contribution in [1.29, 1.82) is 0 Å². The summed E-state index contributed by atoms with van der Waals surface area (Å²) < 4.78 is 5.24. The smallest absolute Gasteiger partial charge is 0.408 e. The zero-order valence-corrected chi connectivity index (χ0v) is 13.7. The van der Waals surface area contributed by atoms with Gasteiger partial charge in [-0.2, -0.15) is 0 Å². The zero-order chi connectivity index (χ0) is 15.7. The van der Waals surface area contributed by atoms with Crippen molar-refractivity contribution in [2.24, 2.45) is 0 Å². The van der Waals surface area contributed by atoms with Crippen LogP contribution in [0.15, 0.2) is 0 Å². The maximum absolute atomic E-state index is 12.7. The van der Waals surface area contributed by atoms with Crippen LogP contribution in [0.25, 0.3) is 0 Å². The van der Waals surface area contributed by atoms with Crippen LogP contribution in [-0.4, -0.2) is 40.1 Å². The summed E-state index contributed by atoms with van der Waals surface area (Å²) in [6, 6.07) is 0.223. The van der Waals surface area contributed by atoms with Gasteiger partial charge in [-0.15, -0.1) is 0 Å². The average Bonchev–Trinajstić information content (AvgIpc) is 2.93. The molecule has 0 aliphatic heterocycles. The standard InChI is InChI=1S/C15H28N2O3/c1-10(2)17(11(3)4)12(18)15(8-9-15)16-13(19)20-14(5,6)7/h10-11H,8-9H2,1-7H3,(H,16,19). The summed E-state index contributed by atoms with van der Waals surface area (Å²) in [4.78, 5) is 26.4. The van der Waals surface area contributed by atoms with Gasteiger partial charge in [-0.1, -0.05) is 0 Å². The molecule has 1 aliphatic carbocycles. The first kappa shape index (κ1) is 16.8. The first-order valence-electron chi connectivity index (χ1n) is 7.32. The van der Waals surface area contributed by atoms with E-state index in [1.807, 2.05) is 53.4 Å². The van der Waals surface area contributed by atoms with E-state index in [0.29, 0.717) is 12.8 Å². The third kappa shape index (κ3) is 4.12. The molecule has 0 atom stereocenters. The fraction of sp³-hybridized carbons (Fsp3) is 0.867. The molecule has 0 aromatic rings. The molecule has 0 radical (unpaired) electrons. The largest absolute Gasteiger partial charge is 0.444 e. The molecule has 0 spiro atoms. The van der Waals surface area contributed by atoms with Gasteiger partial charge < -0.3 is 15.0 Å². The molecule has 0 saturated heterocycles. The number of hydrogen-bond donors (Lipinski definition) is 1. The van der Waals surface area contributed by atoms with Crippen molar-refractivity contribution < 1.29 is 14.3 Å². The van der Waals surface area contributed by atoms with Gasteiger partial charge in [-0.05, 0) is 61.3 Å². The van der Waals surface area contributed by atoms with E-state index in [9.17, 15) is 9.59 Å². The summed E-state index contributed by atoms with van der Waals surface area (Å²) in [6.45, 7) is 13.4. The highest BCUT2D eigenvalue weighted by Crippen LogP contribution is 2.38. The topological polar surface area (TPSA) is 58.6 Å². The Balaban J connectivity index is 2.74. The molecule has 0 bridgehead atoms. The van der Waals surface area contributed by atoms with Crippen molar-refractivity contribution >= 4 is 12.0 Å². The van der Waals surface area contributed by atoms with Crippen LogP contribution < -0.4 is 5.32 Å². The van der Waals surface area contributed by atoms with Crippen LogP contribution >= 0.6 is 0 Å². The molecule has 0 heterocycles. The number of amides is 2. The Kier molecular flexibility index (Phi) is 4.72. The Morgan fingerprint density at radius 1 is 1.10 bits per heavy atom. The number of carbonyl (C=O) groups is 2. The first-order valence-corrected chi connectivity index (χ1v) is 7.32. The molecule has 1 aliphatic rings. The van der Waals surface area contributed by atoms with E-state index in [1.54, 1.807) is 0 Å². The van der Waals surface area contributed by atoms with Gasteiger partial charge in [0, 0.05) is 12.1 Å². The number of nitrogens with one attached hydrogen (secondary N) is 1. The lowest BCUT2D eigenvalue weighted by Crippen LogP contribution is -2.55. The van der Waals surface area contributed by atoms with Crippen LogP contribution in [0.1, 0.15) is 61.3 Å². The summed E-state index contributed by atoms with van der Waals surface area (Å²) in [6.07, 6.45) is 0.845. The minimum Gasteiger partial charge on any atom is -0.444 e. The number of ether oxygens (including phenoxy) is 1. The number of hydrogen-bond acceptors (Lipinski definition) is 3. The molecule has 0 aromatic carbocycles. The van der Waals surface area contributed by atoms with E-state index in [-0.39, 0.29) is 18.0 Å². The van der Waals surface area contributed by atoms with E-state index in [4.69, 9.17) is 4.74 Å². The van der Waals surface area contributed by atoms with Gasteiger partial charge in [0.05, 0.1) is 0 Å². The van der Waals surface area contributed by atoms with Crippen LogP contribution in [0, 0.1) is 0 Å². The monoisotopic (exact) mass is 284 g/mol. The normalized spacial score (nSPS) is 17.1. The summed E-state index contributed by atoms with van der Waals surface area (Å²) in [7, 11) is 0. The Labute approximate surface area is 122 Å². The Bertz CT molecular complexity index is 371. The third-order valence-electron chi connectivity index (χ3n) is 3.25. The van der Waals surface area contributed by atoms with E-state index in [1.165, 1.54) is 0 Å². The van der Waals surface area contributed by atoms with E-state index < -0.39 is 17.2 Å². The summed E-state index contributed by atoms with van der Waals surface area (Å²) >= 11 is 0. The van der Waals surface area contributed by atoms with Gasteiger partial charge >= 0.3 is 6.09 Å². The van der Waals surface area contributed by atoms with Crippen LogP contribution in [0.4, 0.5) is 4.79 Å². The summed E-state index contributed by atoms with van der Waals surface area (Å²) in [5, 5.41) is 2.76. The van der Waals surface area contributed by atoms with Crippen molar-refractivity contribution in [2.45, 2.75) is 84.5 Å². The molecule has 1 fully saturated rings. The van der Waals surface area contributed by atoms with Gasteiger partial charge in [0.2, 0.25) is 5.91 Å². The van der Waals surface area contributed by atoms with Gasteiger partial charge in [0.25, 0.3) is 0 Å². The molecule has 1 saturated carbocycles. The lowest BCUT2D eigenvalue weighted by atomic mass is 10.1. The zero-order valence-electron chi connectivity index (χ0n) is 13.7. The predicted molar refractivity (Wildman–Crippen MR) is 78.5 cm³/mol. The first-order chi connectivity index (χ1) is 8.98. The molecular formula is C15H28N2O3. The van der Waals surface area contributed by atoms with Crippen LogP contribution in [0.3, 0.4) is 0 Å². The average molecular weight is 284 g/mol. The lowest BCUT2D eigenvalue weighted by Gasteiger charge is -2.34. The Hall–Kier alpha value is -1.26. The molecular weight excluding hydrogens is 256 g/mol.